The summed E-state index contributed by atoms with van der Waals surface area (Å²) >= 11 is 0. The topological polar surface area (TPSA) is 17.1 Å². The molecule has 0 saturated heterocycles. The molecule has 0 aliphatic heterocycles. The molecule has 0 unspecified atom stereocenters. The molecule has 0 aromatic rings. The largest absolute Gasteiger partial charge is 0.545 e. The predicted molar refractivity (Wildman–Crippen MR) is 19.6 cm³/mol. The van der Waals surface area contributed by atoms with Gasteiger partial charge in [0.15, 0.2) is 0 Å². The Hall–Kier alpha value is 0.358. The van der Waals surface area contributed by atoms with Crippen LogP contribution >= 0.6 is 0 Å². The summed E-state index contributed by atoms with van der Waals surface area (Å²) in [6.45, 7) is 3.25. The van der Waals surface area contributed by atoms with E-state index >= 15 is 0 Å². The Kier molecular flexibility index (Phi) is 4220. The second-order valence-electron chi connectivity index (χ2n) is 0. The Morgan fingerprint density at radius 3 is 1.00 bits per heavy atom. The molecule has 0 atom stereocenters. The molecule has 0 amide bonds. The Bertz CT molecular complexity index is 6.85. The zero-order valence-electron chi connectivity index (χ0n) is 3.39. The van der Waals surface area contributed by atoms with Gasteiger partial charge in [0, 0.05) is 21.1 Å². The third-order valence-electron chi connectivity index (χ3n) is 0. The fraction of sp³-hybridized carbons (Fsp3) is 0. The predicted octanol–water partition coefficient (Wildman–Crippen LogP) is 0.624. The van der Waals surface area contributed by atoms with Crippen LogP contribution in [0.2, 0.25) is 0 Å². The second-order valence-corrected chi connectivity index (χ2v) is 0. The molecule has 0 N–H and O–H groups in total. The Labute approximate surface area is 48.0 Å². The molecule has 0 bridgehead atoms. The number of carbonyl (C=O) groups excluding carboxylic acids is 1. The van der Waals surface area contributed by atoms with Gasteiger partial charge >= 0.3 is 0 Å². The maximum atomic E-state index is 7.75. The number of rotatable bonds is 0. The van der Waals surface area contributed by atoms with E-state index in [1.165, 1.54) is 0 Å². The molecular formula is C3H7OW-3. The molecule has 2 heteroatoms. The van der Waals surface area contributed by atoms with Gasteiger partial charge in [0.25, 0.3) is 0 Å². The molecule has 0 radical (unpaired) electrons. The smallest absolute Gasteiger partial charge is 0 e. The molecule has 0 aromatic heterocycles. The van der Waals surface area contributed by atoms with E-state index in [9.17, 15) is 0 Å². The minimum absolute atomic E-state index is 0. The van der Waals surface area contributed by atoms with Crippen molar-refractivity contribution in [2.45, 2.75) is 0 Å². The van der Waals surface area contributed by atoms with E-state index in [2.05, 4.69) is 6.79 Å². The van der Waals surface area contributed by atoms with E-state index in [4.69, 9.17) is 4.79 Å². The molecule has 1 nitrogen and oxygen atoms in total. The van der Waals surface area contributed by atoms with Crippen LogP contribution in [0.25, 0.3) is 0 Å². The van der Waals surface area contributed by atoms with Gasteiger partial charge in [-0.25, -0.2) is 0 Å². The molecule has 0 heterocycles. The standard InChI is InChI=1S/CHO.2CH3.W/c1-2;;;/h1H;2*1H3;/q3*-1;. The fourth-order valence-electron chi connectivity index (χ4n) is 0. The third kappa shape index (κ3) is 189. The van der Waals surface area contributed by atoms with E-state index in [-0.39, 0.29) is 35.9 Å². The summed E-state index contributed by atoms with van der Waals surface area (Å²) in [5.41, 5.74) is 0. The Morgan fingerprint density at radius 1 is 1.00 bits per heavy atom. The first-order chi connectivity index (χ1) is 1.00. The van der Waals surface area contributed by atoms with E-state index in [1.807, 2.05) is 0 Å². The minimum atomic E-state index is 0. The average Bonchev–Trinajstić information content (AvgIpc) is 1.00. The van der Waals surface area contributed by atoms with Gasteiger partial charge in [0.2, 0.25) is 0 Å². The molecule has 0 rings (SSSR count). The summed E-state index contributed by atoms with van der Waals surface area (Å²) in [5, 5.41) is 0. The third-order valence-corrected chi connectivity index (χ3v) is 0. The van der Waals surface area contributed by atoms with Crippen molar-refractivity contribution in [3.63, 3.8) is 0 Å². The van der Waals surface area contributed by atoms with Gasteiger partial charge in [-0.1, -0.05) is 0 Å². The molecule has 0 aromatic carbocycles. The van der Waals surface area contributed by atoms with Gasteiger partial charge in [-0.05, 0) is 0 Å². The van der Waals surface area contributed by atoms with Crippen molar-refractivity contribution >= 4 is 6.79 Å². The monoisotopic (exact) mass is 243 g/mol. The van der Waals surface area contributed by atoms with Crippen LogP contribution < -0.4 is 0 Å². The molecule has 0 spiro atoms. The molecule has 34 valence electrons. The van der Waals surface area contributed by atoms with Crippen LogP contribution in [-0.2, 0) is 25.9 Å². The van der Waals surface area contributed by atoms with Crippen LogP contribution in [0.4, 0.5) is 0 Å². The van der Waals surface area contributed by atoms with Gasteiger partial charge in [0.05, 0.1) is 0 Å². The van der Waals surface area contributed by atoms with Crippen LogP contribution in [0.15, 0.2) is 0 Å². The number of hydrogen-bond acceptors (Lipinski definition) is 1. The first-order valence-corrected chi connectivity index (χ1v) is 0.236. The molecule has 0 fully saturated rings. The summed E-state index contributed by atoms with van der Waals surface area (Å²) in [7, 11) is 0. The van der Waals surface area contributed by atoms with E-state index in [0.29, 0.717) is 0 Å². The van der Waals surface area contributed by atoms with Crippen LogP contribution in [0.5, 0.6) is 0 Å². The van der Waals surface area contributed by atoms with Gasteiger partial charge in [-0.15, -0.1) is 0 Å². The van der Waals surface area contributed by atoms with Crippen molar-refractivity contribution in [1.82, 2.24) is 0 Å². The van der Waals surface area contributed by atoms with Crippen molar-refractivity contribution in [2.24, 2.45) is 0 Å². The summed E-state index contributed by atoms with van der Waals surface area (Å²) in [4.78, 5) is 7.75. The maximum Gasteiger partial charge on any atom is 0 e. The average molecular weight is 243 g/mol. The molecule has 0 aliphatic carbocycles. The van der Waals surface area contributed by atoms with Crippen LogP contribution in [0, 0.1) is 14.9 Å². The van der Waals surface area contributed by atoms with E-state index in [1.54, 1.807) is 0 Å². The van der Waals surface area contributed by atoms with Gasteiger partial charge in [-0.3, -0.25) is 6.79 Å². The molecular weight excluding hydrogens is 236 g/mol. The Balaban J connectivity index is -0.00000000167. The maximum absolute atomic E-state index is 7.75. The Morgan fingerprint density at radius 2 is 1.00 bits per heavy atom. The second kappa shape index (κ2) is 383. The summed E-state index contributed by atoms with van der Waals surface area (Å²) in [5.74, 6) is 0. The van der Waals surface area contributed by atoms with Crippen LogP contribution in [0.3, 0.4) is 0 Å². The van der Waals surface area contributed by atoms with Crippen LogP contribution in [-0.4, -0.2) is 6.79 Å². The van der Waals surface area contributed by atoms with E-state index < -0.39 is 0 Å². The molecule has 5 heavy (non-hydrogen) atoms. The van der Waals surface area contributed by atoms with Gasteiger partial charge in [-0.2, -0.15) is 0 Å². The SMILES string of the molecule is [CH-]=O.[CH3-].[CH3-].[W]. The number of hydrogen-bond donors (Lipinski definition) is 0. The summed E-state index contributed by atoms with van der Waals surface area (Å²) in [6, 6.07) is 0. The minimum Gasteiger partial charge on any atom is -0.545 e. The van der Waals surface area contributed by atoms with Crippen molar-refractivity contribution < 1.29 is 25.9 Å². The van der Waals surface area contributed by atoms with Crippen molar-refractivity contribution in [1.29, 1.82) is 0 Å². The first kappa shape index (κ1) is 55.2. The summed E-state index contributed by atoms with van der Waals surface area (Å²) < 4.78 is 0. The molecule has 0 aliphatic rings. The van der Waals surface area contributed by atoms with Gasteiger partial charge < -0.3 is 19.6 Å². The van der Waals surface area contributed by atoms with Crippen LogP contribution in [0.1, 0.15) is 0 Å². The van der Waals surface area contributed by atoms with E-state index in [0.717, 1.165) is 0 Å². The van der Waals surface area contributed by atoms with Crippen molar-refractivity contribution in [2.75, 3.05) is 0 Å². The first-order valence-electron chi connectivity index (χ1n) is 0.236. The molecule has 0 saturated carbocycles. The fourth-order valence-corrected chi connectivity index (χ4v) is 0. The zero-order chi connectivity index (χ0) is 2.00. The zero-order valence-corrected chi connectivity index (χ0v) is 6.33. The quantitative estimate of drug-likeness (QED) is 0.450. The van der Waals surface area contributed by atoms with Gasteiger partial charge in [0.1, 0.15) is 0 Å². The van der Waals surface area contributed by atoms with Crippen molar-refractivity contribution in [3.8, 4) is 0 Å². The summed E-state index contributed by atoms with van der Waals surface area (Å²) in [6.07, 6.45) is 0. The normalized spacial score (nSPS) is 0.800. The van der Waals surface area contributed by atoms with Crippen molar-refractivity contribution in [3.05, 3.63) is 14.9 Å².